The predicted molar refractivity (Wildman–Crippen MR) is 66.4 cm³/mol. The van der Waals surface area contributed by atoms with Crippen LogP contribution in [0.1, 0.15) is 43.4 Å². The van der Waals surface area contributed by atoms with Crippen LogP contribution in [-0.2, 0) is 0 Å². The quantitative estimate of drug-likeness (QED) is 0.819. The molecule has 0 bridgehead atoms. The number of aliphatic hydroxyl groups is 1. The number of hydrogen-bond donors (Lipinski definition) is 2. The molecule has 1 aliphatic carbocycles. The van der Waals surface area contributed by atoms with Gasteiger partial charge < -0.3 is 10.4 Å². The van der Waals surface area contributed by atoms with E-state index >= 15 is 0 Å². The summed E-state index contributed by atoms with van der Waals surface area (Å²) in [6, 6.07) is 9.03. The molecule has 2 rings (SSSR count). The van der Waals surface area contributed by atoms with Crippen LogP contribution < -0.4 is 5.32 Å². The van der Waals surface area contributed by atoms with Gasteiger partial charge in [-0.3, -0.25) is 0 Å². The highest BCUT2D eigenvalue weighted by Gasteiger charge is 2.26. The third-order valence-corrected chi connectivity index (χ3v) is 3.60. The lowest BCUT2D eigenvalue weighted by atomic mass is 10.0. The molecule has 2 N–H and O–H groups in total. The molecule has 0 aliphatic heterocycles. The summed E-state index contributed by atoms with van der Waals surface area (Å²) in [4.78, 5) is 0. The molecule has 1 aliphatic rings. The Labute approximate surface area is 97.7 Å². The minimum absolute atomic E-state index is 0.161. The summed E-state index contributed by atoms with van der Waals surface area (Å²) in [7, 11) is 0. The fourth-order valence-electron chi connectivity index (χ4n) is 2.62. The van der Waals surface area contributed by atoms with Gasteiger partial charge in [0, 0.05) is 12.1 Å². The molecule has 88 valence electrons. The highest BCUT2D eigenvalue weighted by atomic mass is 16.3. The third kappa shape index (κ3) is 2.45. The van der Waals surface area contributed by atoms with E-state index in [2.05, 4.69) is 43.4 Å². The monoisotopic (exact) mass is 219 g/mol. The van der Waals surface area contributed by atoms with E-state index in [9.17, 15) is 5.11 Å². The van der Waals surface area contributed by atoms with Crippen molar-refractivity contribution in [2.24, 2.45) is 0 Å². The van der Waals surface area contributed by atoms with Crippen molar-refractivity contribution < 1.29 is 5.11 Å². The van der Waals surface area contributed by atoms with Gasteiger partial charge in [0.05, 0.1) is 6.10 Å². The van der Waals surface area contributed by atoms with Gasteiger partial charge in [0.15, 0.2) is 0 Å². The molecule has 0 saturated heterocycles. The normalized spacial score (nSPS) is 26.9. The number of nitrogens with one attached hydrogen (secondary N) is 1. The van der Waals surface area contributed by atoms with Crippen LogP contribution in [0.3, 0.4) is 0 Å². The first-order chi connectivity index (χ1) is 7.68. The van der Waals surface area contributed by atoms with Crippen LogP contribution in [0.2, 0.25) is 0 Å². The zero-order valence-electron chi connectivity index (χ0n) is 10.1. The van der Waals surface area contributed by atoms with Gasteiger partial charge in [-0.15, -0.1) is 0 Å². The predicted octanol–water partition coefficient (Wildman–Crippen LogP) is 2.56. The molecule has 2 nitrogen and oxygen atoms in total. The van der Waals surface area contributed by atoms with Gasteiger partial charge in [0.25, 0.3) is 0 Å². The Kier molecular flexibility index (Phi) is 3.62. The van der Waals surface area contributed by atoms with E-state index < -0.39 is 0 Å². The molecule has 0 heterocycles. The lowest BCUT2D eigenvalue weighted by Gasteiger charge is -2.23. The minimum Gasteiger partial charge on any atom is -0.392 e. The van der Waals surface area contributed by atoms with Crippen molar-refractivity contribution in [2.75, 3.05) is 0 Å². The molecule has 2 heteroatoms. The topological polar surface area (TPSA) is 32.3 Å². The van der Waals surface area contributed by atoms with Crippen molar-refractivity contribution in [3.63, 3.8) is 0 Å². The van der Waals surface area contributed by atoms with Crippen molar-refractivity contribution in [1.29, 1.82) is 0 Å². The molecule has 1 saturated carbocycles. The summed E-state index contributed by atoms with van der Waals surface area (Å²) in [6.07, 6.45) is 3.01. The lowest BCUT2D eigenvalue weighted by molar-refractivity contribution is 0.144. The van der Waals surface area contributed by atoms with Crippen molar-refractivity contribution >= 4 is 0 Å². The molecule has 0 spiro atoms. The first-order valence-corrected chi connectivity index (χ1v) is 6.18. The summed E-state index contributed by atoms with van der Waals surface area (Å²) in [5.74, 6) is 0. The Morgan fingerprint density at radius 1 is 1.31 bits per heavy atom. The number of benzene rings is 1. The Bertz CT molecular complexity index is 350. The SMILES string of the molecule is Cc1ccccc1C(C)N[C@H]1CCC[C@@H]1O. The smallest absolute Gasteiger partial charge is 0.0693 e. The molecular formula is C14H21NO. The second-order valence-electron chi connectivity index (χ2n) is 4.85. The van der Waals surface area contributed by atoms with Crippen LogP contribution >= 0.6 is 0 Å². The summed E-state index contributed by atoms with van der Waals surface area (Å²) in [6.45, 7) is 4.31. The molecular weight excluding hydrogens is 198 g/mol. The number of hydrogen-bond acceptors (Lipinski definition) is 2. The van der Waals surface area contributed by atoms with E-state index in [1.54, 1.807) is 0 Å². The number of rotatable bonds is 3. The molecule has 1 unspecified atom stereocenters. The molecule has 1 aromatic rings. The van der Waals surface area contributed by atoms with Crippen molar-refractivity contribution in [3.8, 4) is 0 Å². The maximum atomic E-state index is 9.79. The van der Waals surface area contributed by atoms with Crippen LogP contribution in [0, 0.1) is 6.92 Å². The fourth-order valence-corrected chi connectivity index (χ4v) is 2.62. The largest absolute Gasteiger partial charge is 0.392 e. The first kappa shape index (κ1) is 11.6. The second-order valence-corrected chi connectivity index (χ2v) is 4.85. The zero-order valence-corrected chi connectivity index (χ0v) is 10.1. The van der Waals surface area contributed by atoms with Gasteiger partial charge in [-0.1, -0.05) is 24.3 Å². The molecule has 16 heavy (non-hydrogen) atoms. The van der Waals surface area contributed by atoms with E-state index in [1.807, 2.05) is 0 Å². The van der Waals surface area contributed by atoms with Crippen LogP contribution in [-0.4, -0.2) is 17.3 Å². The standard InChI is InChI=1S/C14H21NO/c1-10-6-3-4-7-12(10)11(2)15-13-8-5-9-14(13)16/h3-4,6-7,11,13-16H,5,8-9H2,1-2H3/t11?,13-,14-/m0/s1. The highest BCUT2D eigenvalue weighted by molar-refractivity contribution is 5.28. The van der Waals surface area contributed by atoms with Gasteiger partial charge in [0.2, 0.25) is 0 Å². The van der Waals surface area contributed by atoms with Crippen LogP contribution in [0.25, 0.3) is 0 Å². The van der Waals surface area contributed by atoms with E-state index in [0.29, 0.717) is 6.04 Å². The fraction of sp³-hybridized carbons (Fsp3) is 0.571. The van der Waals surface area contributed by atoms with Crippen LogP contribution in [0.15, 0.2) is 24.3 Å². The van der Waals surface area contributed by atoms with E-state index in [1.165, 1.54) is 11.1 Å². The Balaban J connectivity index is 2.03. The van der Waals surface area contributed by atoms with Gasteiger partial charge in [-0.05, 0) is 44.2 Å². The van der Waals surface area contributed by atoms with Crippen LogP contribution in [0.4, 0.5) is 0 Å². The number of aliphatic hydroxyl groups excluding tert-OH is 1. The zero-order chi connectivity index (χ0) is 11.5. The van der Waals surface area contributed by atoms with Gasteiger partial charge in [0.1, 0.15) is 0 Å². The summed E-state index contributed by atoms with van der Waals surface area (Å²) in [5.41, 5.74) is 2.65. The average Bonchev–Trinajstić information content (AvgIpc) is 2.65. The third-order valence-electron chi connectivity index (χ3n) is 3.60. The van der Waals surface area contributed by atoms with Gasteiger partial charge >= 0.3 is 0 Å². The Morgan fingerprint density at radius 3 is 2.69 bits per heavy atom. The van der Waals surface area contributed by atoms with E-state index in [4.69, 9.17) is 0 Å². The average molecular weight is 219 g/mol. The minimum atomic E-state index is -0.161. The Hall–Kier alpha value is -0.860. The summed E-state index contributed by atoms with van der Waals surface area (Å²) >= 11 is 0. The second kappa shape index (κ2) is 4.98. The maximum Gasteiger partial charge on any atom is 0.0693 e. The Morgan fingerprint density at radius 2 is 2.06 bits per heavy atom. The summed E-state index contributed by atoms with van der Waals surface area (Å²) < 4.78 is 0. The van der Waals surface area contributed by atoms with Crippen molar-refractivity contribution in [3.05, 3.63) is 35.4 Å². The highest BCUT2D eigenvalue weighted by Crippen LogP contribution is 2.23. The molecule has 1 aromatic carbocycles. The van der Waals surface area contributed by atoms with Crippen LogP contribution in [0.5, 0.6) is 0 Å². The number of aryl methyl sites for hydroxylation is 1. The molecule has 0 radical (unpaired) electrons. The molecule has 3 atom stereocenters. The molecule has 0 aromatic heterocycles. The van der Waals surface area contributed by atoms with E-state index in [0.717, 1.165) is 19.3 Å². The van der Waals surface area contributed by atoms with Crippen molar-refractivity contribution in [2.45, 2.75) is 51.3 Å². The van der Waals surface area contributed by atoms with Crippen molar-refractivity contribution in [1.82, 2.24) is 5.32 Å². The summed E-state index contributed by atoms with van der Waals surface area (Å²) in [5, 5.41) is 13.3. The van der Waals surface area contributed by atoms with Gasteiger partial charge in [-0.25, -0.2) is 0 Å². The first-order valence-electron chi connectivity index (χ1n) is 6.18. The molecule has 0 amide bonds. The van der Waals surface area contributed by atoms with Gasteiger partial charge in [-0.2, -0.15) is 0 Å². The lowest BCUT2D eigenvalue weighted by Crippen LogP contribution is -2.37. The van der Waals surface area contributed by atoms with E-state index in [-0.39, 0.29) is 12.1 Å². The molecule has 1 fully saturated rings. The maximum absolute atomic E-state index is 9.79.